The lowest BCUT2D eigenvalue weighted by Crippen LogP contribution is -2.34. The lowest BCUT2D eigenvalue weighted by molar-refractivity contribution is -0.138. The molecule has 2 saturated heterocycles. The number of amides is 3. The maximum Gasteiger partial charge on any atom is 0.310 e. The van der Waals surface area contributed by atoms with Crippen LogP contribution in [0.3, 0.4) is 0 Å². The molecule has 2 aromatic carbocycles. The minimum atomic E-state index is -0.772. The predicted octanol–water partition coefficient (Wildman–Crippen LogP) is 7.20. The molecule has 0 spiro atoms. The minimum absolute atomic E-state index is 0.0865. The third kappa shape index (κ3) is 11.9. The highest BCUT2D eigenvalue weighted by atomic mass is 32.2. The van der Waals surface area contributed by atoms with Crippen LogP contribution in [0, 0.1) is 11.8 Å². The lowest BCUT2D eigenvalue weighted by Gasteiger charge is -2.18. The molecule has 2 fully saturated rings. The Kier molecular flexibility index (Phi) is 14.5. The molecular formula is C32H44N2O5S2. The van der Waals surface area contributed by atoms with Crippen LogP contribution in [0.15, 0.2) is 48.5 Å². The van der Waals surface area contributed by atoms with Crippen molar-refractivity contribution in [2.24, 2.45) is 11.8 Å². The number of carboxylic acid groups (broad SMARTS) is 1. The van der Waals surface area contributed by atoms with Gasteiger partial charge in [0.1, 0.15) is 0 Å². The quantitative estimate of drug-likeness (QED) is 0.330. The number of carbonyl (C=O) groups excluding carboxylic acids is 3. The van der Waals surface area contributed by atoms with E-state index in [0.717, 1.165) is 36.3 Å². The maximum atomic E-state index is 12.3. The van der Waals surface area contributed by atoms with Crippen LogP contribution < -0.4 is 5.32 Å². The smallest absolute Gasteiger partial charge is 0.310 e. The van der Waals surface area contributed by atoms with E-state index in [4.69, 9.17) is 5.11 Å². The molecular weight excluding hydrogens is 556 g/mol. The number of nitrogens with one attached hydrogen (secondary N) is 1. The fourth-order valence-corrected chi connectivity index (χ4v) is 5.67. The molecule has 2 unspecified atom stereocenters. The molecule has 0 aromatic heterocycles. The molecule has 0 saturated carbocycles. The molecule has 9 heteroatoms. The van der Waals surface area contributed by atoms with Gasteiger partial charge in [-0.2, -0.15) is 0 Å². The SMILES string of the molecule is CC(C)Cc1ccc(C(C)C(=O)N2CCSC2=O)cc1.CC(C)Cc1ccc(C(C)C(=O)O)cc1.O=C1NCCS1. The van der Waals surface area contributed by atoms with Gasteiger partial charge < -0.3 is 10.4 Å². The van der Waals surface area contributed by atoms with Gasteiger partial charge in [-0.3, -0.25) is 24.1 Å². The summed E-state index contributed by atoms with van der Waals surface area (Å²) >= 11 is 2.57. The summed E-state index contributed by atoms with van der Waals surface area (Å²) in [5.41, 5.74) is 4.41. The summed E-state index contributed by atoms with van der Waals surface area (Å²) in [7, 11) is 0. The fraction of sp³-hybridized carbons (Fsp3) is 0.500. The largest absolute Gasteiger partial charge is 0.481 e. The highest BCUT2D eigenvalue weighted by Crippen LogP contribution is 2.25. The summed E-state index contributed by atoms with van der Waals surface area (Å²) in [6, 6.07) is 16.1. The van der Waals surface area contributed by atoms with E-state index >= 15 is 0 Å². The first-order valence-corrected chi connectivity index (χ1v) is 16.1. The van der Waals surface area contributed by atoms with Crippen molar-refractivity contribution < 1.29 is 24.3 Å². The number of hydrogen-bond donors (Lipinski definition) is 2. The molecule has 0 bridgehead atoms. The van der Waals surface area contributed by atoms with Gasteiger partial charge in [-0.15, -0.1) is 0 Å². The van der Waals surface area contributed by atoms with Crippen molar-refractivity contribution in [3.63, 3.8) is 0 Å². The molecule has 2 aliphatic rings. The van der Waals surface area contributed by atoms with Crippen molar-refractivity contribution in [2.45, 2.75) is 66.2 Å². The number of rotatable bonds is 8. The van der Waals surface area contributed by atoms with Crippen molar-refractivity contribution in [3.05, 3.63) is 70.8 Å². The van der Waals surface area contributed by atoms with Crippen molar-refractivity contribution in [1.82, 2.24) is 10.2 Å². The summed E-state index contributed by atoms with van der Waals surface area (Å²) in [5, 5.41) is 11.5. The van der Waals surface area contributed by atoms with Gasteiger partial charge in [-0.1, -0.05) is 99.7 Å². The first kappa shape index (κ1) is 34.4. The number of nitrogens with zero attached hydrogens (tertiary/aromatic N) is 1. The Labute approximate surface area is 253 Å². The highest BCUT2D eigenvalue weighted by molar-refractivity contribution is 8.14. The third-order valence-electron chi connectivity index (χ3n) is 6.62. The molecule has 3 amide bonds. The van der Waals surface area contributed by atoms with E-state index in [9.17, 15) is 19.2 Å². The van der Waals surface area contributed by atoms with Crippen molar-refractivity contribution >= 4 is 45.9 Å². The number of hydrogen-bond acceptors (Lipinski definition) is 6. The Morgan fingerprint density at radius 3 is 1.59 bits per heavy atom. The van der Waals surface area contributed by atoms with Crippen molar-refractivity contribution in [2.75, 3.05) is 24.6 Å². The van der Waals surface area contributed by atoms with Gasteiger partial charge in [0.2, 0.25) is 5.91 Å². The zero-order chi connectivity index (χ0) is 30.5. The fourth-order valence-electron chi connectivity index (χ4n) is 4.29. The molecule has 0 aliphatic carbocycles. The van der Waals surface area contributed by atoms with Crippen molar-refractivity contribution in [1.29, 1.82) is 0 Å². The van der Waals surface area contributed by atoms with Crippen LogP contribution in [0.1, 0.15) is 75.6 Å². The summed E-state index contributed by atoms with van der Waals surface area (Å²) in [4.78, 5) is 46.1. The highest BCUT2D eigenvalue weighted by Gasteiger charge is 2.31. The Morgan fingerprint density at radius 1 is 0.780 bits per heavy atom. The molecule has 2 heterocycles. The molecule has 2 atom stereocenters. The standard InChI is InChI=1S/C16H21NO2S.C13H18O2.C3H5NOS/c1-11(2)10-13-4-6-14(7-5-13)12(3)15(18)17-8-9-20-16(17)19;1-9(2)8-11-4-6-12(7-5-11)10(3)13(14)15;5-3-4-1-2-6-3/h4-7,11-12H,8-10H2,1-3H3;4-7,9-10H,8H2,1-3H3,(H,14,15);1-2H2,(H,4,5). The average Bonchev–Trinajstić information content (AvgIpc) is 3.59. The molecule has 224 valence electrons. The molecule has 2 N–H and O–H groups in total. The third-order valence-corrected chi connectivity index (χ3v) is 8.29. The topological polar surface area (TPSA) is 104 Å². The number of aliphatic carboxylic acids is 1. The Hall–Kier alpha value is -2.78. The van der Waals surface area contributed by atoms with E-state index < -0.39 is 11.9 Å². The monoisotopic (exact) mass is 600 g/mol. The van der Waals surface area contributed by atoms with E-state index in [1.54, 1.807) is 6.92 Å². The van der Waals surface area contributed by atoms with Gasteiger partial charge in [0, 0.05) is 24.6 Å². The Bertz CT molecular complexity index is 1140. The molecule has 2 aliphatic heterocycles. The van der Waals surface area contributed by atoms with E-state index in [2.05, 4.69) is 45.1 Å². The molecule has 2 aromatic rings. The number of benzene rings is 2. The Morgan fingerprint density at radius 2 is 1.27 bits per heavy atom. The number of carbonyl (C=O) groups is 4. The zero-order valence-corrected chi connectivity index (χ0v) is 26.6. The predicted molar refractivity (Wildman–Crippen MR) is 170 cm³/mol. The average molecular weight is 601 g/mol. The summed E-state index contributed by atoms with van der Waals surface area (Å²) < 4.78 is 0. The first-order chi connectivity index (χ1) is 19.4. The summed E-state index contributed by atoms with van der Waals surface area (Å²) in [5.74, 6) is 1.38. The van der Waals surface area contributed by atoms with Crippen LogP contribution in [0.25, 0.3) is 0 Å². The van der Waals surface area contributed by atoms with Gasteiger partial charge in [-0.05, 0) is 60.8 Å². The van der Waals surface area contributed by atoms with E-state index in [1.807, 2.05) is 43.3 Å². The Balaban J connectivity index is 0.000000245. The molecule has 41 heavy (non-hydrogen) atoms. The molecule has 0 radical (unpaired) electrons. The van der Waals surface area contributed by atoms with Crippen LogP contribution >= 0.6 is 23.5 Å². The summed E-state index contributed by atoms with van der Waals surface area (Å²) in [6.45, 7) is 13.7. The second-order valence-corrected chi connectivity index (χ2v) is 13.2. The first-order valence-electron chi connectivity index (χ1n) is 14.2. The zero-order valence-electron chi connectivity index (χ0n) is 25.0. The second-order valence-electron chi connectivity index (χ2n) is 11.1. The number of imide groups is 1. The molecule has 4 rings (SSSR count). The summed E-state index contributed by atoms with van der Waals surface area (Å²) in [6.07, 6.45) is 2.09. The van der Waals surface area contributed by atoms with Crippen molar-refractivity contribution in [3.8, 4) is 0 Å². The minimum Gasteiger partial charge on any atom is -0.481 e. The van der Waals surface area contributed by atoms with Crippen LogP contribution in [-0.4, -0.2) is 57.0 Å². The van der Waals surface area contributed by atoms with Crippen LogP contribution in [-0.2, 0) is 22.4 Å². The molecule has 7 nitrogen and oxygen atoms in total. The van der Waals surface area contributed by atoms with Gasteiger partial charge in [0.25, 0.3) is 10.5 Å². The second kappa shape index (κ2) is 17.2. The normalized spacial score (nSPS) is 16.0. The number of thioether (sulfide) groups is 2. The van der Waals surface area contributed by atoms with E-state index in [0.29, 0.717) is 24.1 Å². The van der Waals surface area contributed by atoms with E-state index in [-0.39, 0.29) is 22.3 Å². The van der Waals surface area contributed by atoms with E-state index in [1.165, 1.54) is 39.6 Å². The van der Waals surface area contributed by atoms with Gasteiger partial charge in [-0.25, -0.2) is 0 Å². The van der Waals surface area contributed by atoms with Gasteiger partial charge >= 0.3 is 5.97 Å². The van der Waals surface area contributed by atoms with Crippen LogP contribution in [0.2, 0.25) is 0 Å². The van der Waals surface area contributed by atoms with Gasteiger partial charge in [0.05, 0.1) is 11.8 Å². The van der Waals surface area contributed by atoms with Crippen LogP contribution in [0.5, 0.6) is 0 Å². The maximum absolute atomic E-state index is 12.3. The number of carboxylic acids is 1. The van der Waals surface area contributed by atoms with Gasteiger partial charge in [0.15, 0.2) is 0 Å². The van der Waals surface area contributed by atoms with Crippen LogP contribution in [0.4, 0.5) is 9.59 Å². The lowest BCUT2D eigenvalue weighted by atomic mass is 9.96.